The molecule has 0 spiro atoms. The van der Waals surface area contributed by atoms with Crippen LogP contribution in [-0.2, 0) is 6.54 Å². The number of nitrogens with zero attached hydrogens (tertiary/aromatic N) is 7. The Morgan fingerprint density at radius 1 is 1.40 bits per heavy atom. The van der Waals surface area contributed by atoms with Crippen LogP contribution in [0.25, 0.3) is 5.82 Å². The van der Waals surface area contributed by atoms with Gasteiger partial charge in [0.15, 0.2) is 5.69 Å². The zero-order valence-corrected chi connectivity index (χ0v) is 17.6. The van der Waals surface area contributed by atoms with Crippen molar-refractivity contribution in [3.63, 3.8) is 0 Å². The van der Waals surface area contributed by atoms with Crippen molar-refractivity contribution in [1.82, 2.24) is 35.6 Å². The van der Waals surface area contributed by atoms with Gasteiger partial charge in [0.05, 0.1) is 24.0 Å². The van der Waals surface area contributed by atoms with Crippen molar-refractivity contribution in [2.24, 2.45) is 5.10 Å². The van der Waals surface area contributed by atoms with Crippen LogP contribution in [0.5, 0.6) is 5.75 Å². The van der Waals surface area contributed by atoms with Crippen molar-refractivity contribution in [3.8, 4) is 11.6 Å². The lowest BCUT2D eigenvalue weighted by Gasteiger charge is -2.11. The number of benzene rings is 1. The molecule has 0 saturated carbocycles. The number of aromatic nitrogens is 5. The molecule has 14 heteroatoms. The molecule has 2 heterocycles. The van der Waals surface area contributed by atoms with Crippen LogP contribution in [-0.4, -0.2) is 63.5 Å². The molecule has 0 unspecified atom stereocenters. The van der Waals surface area contributed by atoms with E-state index in [0.717, 1.165) is 0 Å². The van der Waals surface area contributed by atoms with Gasteiger partial charge in [-0.05, 0) is 36.5 Å². The molecular formula is C16H17Cl2N9O3. The molecule has 0 aliphatic rings. The number of rotatable bonds is 7. The molecule has 0 fully saturated rings. The first-order chi connectivity index (χ1) is 14.3. The topological polar surface area (TPSA) is 150 Å². The van der Waals surface area contributed by atoms with Gasteiger partial charge in [0, 0.05) is 17.1 Å². The van der Waals surface area contributed by atoms with E-state index < -0.39 is 5.91 Å². The minimum absolute atomic E-state index is 0.00909. The van der Waals surface area contributed by atoms with Gasteiger partial charge in [-0.2, -0.15) is 9.78 Å². The summed E-state index contributed by atoms with van der Waals surface area (Å²) in [6.07, 6.45) is 1.35. The molecule has 1 amide bonds. The van der Waals surface area contributed by atoms with E-state index in [-0.39, 0.29) is 17.3 Å². The number of hydrazone groups is 1. The maximum atomic E-state index is 12.7. The predicted molar refractivity (Wildman–Crippen MR) is 109 cm³/mol. The SMILES string of the molecule is COc1c(Cl)cc(Cl)cc1/C=N/NC(=O)c1nnn(-c2nonc2N)c1CN(C)C. The van der Waals surface area contributed by atoms with Crippen LogP contribution >= 0.6 is 23.2 Å². The molecule has 0 bridgehead atoms. The average Bonchev–Trinajstić information content (AvgIpc) is 3.26. The smallest absolute Gasteiger partial charge is 0.293 e. The van der Waals surface area contributed by atoms with Gasteiger partial charge in [-0.25, -0.2) is 10.1 Å². The second-order valence-electron chi connectivity index (χ2n) is 6.22. The third kappa shape index (κ3) is 4.50. The number of halogens is 2. The lowest BCUT2D eigenvalue weighted by atomic mass is 10.2. The van der Waals surface area contributed by atoms with Crippen LogP contribution in [0, 0.1) is 0 Å². The van der Waals surface area contributed by atoms with Gasteiger partial charge in [0.2, 0.25) is 11.6 Å². The Morgan fingerprint density at radius 3 is 2.80 bits per heavy atom. The monoisotopic (exact) mass is 453 g/mol. The first kappa shape index (κ1) is 21.5. The minimum Gasteiger partial charge on any atom is -0.495 e. The zero-order valence-electron chi connectivity index (χ0n) is 16.1. The number of amides is 1. The maximum Gasteiger partial charge on any atom is 0.293 e. The number of carbonyl (C=O) groups excluding carboxylic acids is 1. The van der Waals surface area contributed by atoms with Gasteiger partial charge in [-0.15, -0.1) is 5.10 Å². The van der Waals surface area contributed by atoms with Crippen LogP contribution in [0.1, 0.15) is 21.7 Å². The van der Waals surface area contributed by atoms with Crippen molar-refractivity contribution in [1.29, 1.82) is 0 Å². The highest BCUT2D eigenvalue weighted by molar-refractivity contribution is 6.36. The highest BCUT2D eigenvalue weighted by Crippen LogP contribution is 2.31. The second kappa shape index (κ2) is 9.07. The lowest BCUT2D eigenvalue weighted by Crippen LogP contribution is -2.23. The molecule has 0 saturated heterocycles. The van der Waals surface area contributed by atoms with Crippen molar-refractivity contribution in [3.05, 3.63) is 39.1 Å². The van der Waals surface area contributed by atoms with Crippen molar-refractivity contribution in [2.75, 3.05) is 26.9 Å². The number of methoxy groups -OCH3 is 1. The Kier molecular flexibility index (Phi) is 6.50. The van der Waals surface area contributed by atoms with Gasteiger partial charge in [0.25, 0.3) is 5.91 Å². The summed E-state index contributed by atoms with van der Waals surface area (Å²) in [4.78, 5) is 14.5. The molecule has 1 aromatic carbocycles. The standard InChI is InChI=1S/C16H17Cl2N9O3/c1-26(2)7-11-12(21-25-27(11)15-14(19)23-30-24-15)16(28)22-20-6-8-4-9(17)5-10(18)13(8)29-3/h4-6H,7H2,1-3H3,(H2,19,23)(H,22,28)/b20-6+. The van der Waals surface area contributed by atoms with E-state index in [1.54, 1.807) is 6.07 Å². The summed E-state index contributed by atoms with van der Waals surface area (Å²) in [5.74, 6) is -0.0983. The third-order valence-electron chi connectivity index (χ3n) is 3.75. The van der Waals surface area contributed by atoms with Gasteiger partial charge in [-0.3, -0.25) is 4.79 Å². The summed E-state index contributed by atoms with van der Waals surface area (Å²) < 4.78 is 11.1. The van der Waals surface area contributed by atoms with E-state index in [0.29, 0.717) is 33.6 Å². The molecule has 30 heavy (non-hydrogen) atoms. The van der Waals surface area contributed by atoms with Crippen LogP contribution in [0.15, 0.2) is 21.9 Å². The molecule has 0 aliphatic carbocycles. The van der Waals surface area contributed by atoms with Crippen molar-refractivity contribution in [2.45, 2.75) is 6.54 Å². The first-order valence-corrected chi connectivity index (χ1v) is 9.11. The molecule has 3 aromatic rings. The van der Waals surface area contributed by atoms with E-state index in [9.17, 15) is 4.79 Å². The van der Waals surface area contributed by atoms with Gasteiger partial charge in [-0.1, -0.05) is 28.4 Å². The number of ether oxygens (including phenoxy) is 1. The number of carbonyl (C=O) groups is 1. The van der Waals surface area contributed by atoms with Crippen molar-refractivity contribution < 1.29 is 14.2 Å². The molecule has 2 aromatic heterocycles. The molecule has 12 nitrogen and oxygen atoms in total. The predicted octanol–water partition coefficient (Wildman–Crippen LogP) is 1.37. The quantitative estimate of drug-likeness (QED) is 0.399. The Morgan fingerprint density at radius 2 is 2.17 bits per heavy atom. The molecule has 3 N–H and O–H groups in total. The van der Waals surface area contributed by atoms with Gasteiger partial charge in [0.1, 0.15) is 5.75 Å². The van der Waals surface area contributed by atoms with Gasteiger partial charge < -0.3 is 15.4 Å². The number of hydrogen-bond acceptors (Lipinski definition) is 10. The van der Waals surface area contributed by atoms with E-state index in [1.807, 2.05) is 19.0 Å². The average molecular weight is 454 g/mol. The van der Waals surface area contributed by atoms with E-state index in [2.05, 4.69) is 35.8 Å². The zero-order chi connectivity index (χ0) is 21.8. The highest BCUT2D eigenvalue weighted by Gasteiger charge is 2.24. The summed E-state index contributed by atoms with van der Waals surface area (Å²) >= 11 is 12.1. The highest BCUT2D eigenvalue weighted by atomic mass is 35.5. The minimum atomic E-state index is -0.600. The normalized spacial score (nSPS) is 11.4. The fourth-order valence-electron chi connectivity index (χ4n) is 2.53. The van der Waals surface area contributed by atoms with Crippen LogP contribution in [0.4, 0.5) is 5.82 Å². The molecule has 3 rings (SSSR count). The Hall–Kier alpha value is -3.22. The summed E-state index contributed by atoms with van der Waals surface area (Å²) in [6.45, 7) is 0.309. The van der Waals surface area contributed by atoms with Crippen LogP contribution < -0.4 is 15.9 Å². The Balaban J connectivity index is 1.87. The van der Waals surface area contributed by atoms with Crippen LogP contribution in [0.2, 0.25) is 10.0 Å². The maximum absolute atomic E-state index is 12.7. The van der Waals surface area contributed by atoms with Gasteiger partial charge >= 0.3 is 0 Å². The largest absolute Gasteiger partial charge is 0.495 e. The first-order valence-electron chi connectivity index (χ1n) is 8.36. The summed E-state index contributed by atoms with van der Waals surface area (Å²) in [5.41, 5.74) is 9.04. The number of anilines is 1. The number of nitrogens with one attached hydrogen (secondary N) is 1. The van der Waals surface area contributed by atoms with E-state index in [4.69, 9.17) is 33.7 Å². The van der Waals surface area contributed by atoms with Crippen LogP contribution in [0.3, 0.4) is 0 Å². The summed E-state index contributed by atoms with van der Waals surface area (Å²) in [7, 11) is 5.09. The fraction of sp³-hybridized carbons (Fsp3) is 0.250. The molecular weight excluding hydrogens is 437 g/mol. The lowest BCUT2D eigenvalue weighted by molar-refractivity contribution is 0.0948. The molecule has 0 atom stereocenters. The number of nitrogens with two attached hydrogens (primary N) is 1. The summed E-state index contributed by atoms with van der Waals surface area (Å²) in [5, 5.41) is 19.7. The molecule has 0 aliphatic heterocycles. The number of hydrogen-bond donors (Lipinski definition) is 2. The Labute approximate surface area is 180 Å². The van der Waals surface area contributed by atoms with E-state index >= 15 is 0 Å². The Bertz CT molecular complexity index is 1090. The molecule has 158 valence electrons. The second-order valence-corrected chi connectivity index (χ2v) is 7.06. The van der Waals surface area contributed by atoms with Crippen molar-refractivity contribution >= 4 is 41.1 Å². The number of nitrogen functional groups attached to an aromatic ring is 1. The third-order valence-corrected chi connectivity index (χ3v) is 4.25. The molecule has 0 radical (unpaired) electrons. The van der Waals surface area contributed by atoms with E-state index in [1.165, 1.54) is 24.1 Å². The fourth-order valence-corrected chi connectivity index (χ4v) is 3.12. The summed E-state index contributed by atoms with van der Waals surface area (Å²) in [6, 6.07) is 3.13.